The fourth-order valence-electron chi connectivity index (χ4n) is 7.24. The molecular weight excluding hydrogens is 526 g/mol. The number of ether oxygens (including phenoxy) is 1. The van der Waals surface area contributed by atoms with Crippen molar-refractivity contribution in [2.45, 2.75) is 63.3 Å². The topological polar surface area (TPSA) is 87.7 Å². The van der Waals surface area contributed by atoms with Crippen molar-refractivity contribution in [2.24, 2.45) is 23.7 Å². The van der Waals surface area contributed by atoms with E-state index in [9.17, 15) is 14.4 Å². The number of hydrogen-bond acceptors (Lipinski definition) is 4. The lowest BCUT2D eigenvalue weighted by atomic mass is 9.73. The van der Waals surface area contributed by atoms with Gasteiger partial charge in [0.1, 0.15) is 11.6 Å². The third-order valence-electron chi connectivity index (χ3n) is 9.54. The van der Waals surface area contributed by atoms with E-state index in [0.29, 0.717) is 35.5 Å². The largest absolute Gasteiger partial charge is 0.359 e. The highest BCUT2D eigenvalue weighted by Crippen LogP contribution is 2.55. The van der Waals surface area contributed by atoms with Crippen LogP contribution < -0.4 is 10.6 Å². The summed E-state index contributed by atoms with van der Waals surface area (Å²) in [4.78, 5) is 43.6. The summed E-state index contributed by atoms with van der Waals surface area (Å²) < 4.78 is 6.48. The van der Waals surface area contributed by atoms with Crippen molar-refractivity contribution < 1.29 is 19.1 Å². The molecule has 8 heteroatoms. The predicted molar refractivity (Wildman–Crippen MR) is 154 cm³/mol. The molecule has 2 N–H and O–H groups in total. The number of nitrogens with zero attached hydrogens (tertiary/aromatic N) is 1. The Balaban J connectivity index is 1.30. The van der Waals surface area contributed by atoms with Crippen molar-refractivity contribution in [1.82, 2.24) is 10.2 Å². The Labute approximate surface area is 240 Å². The molecule has 1 spiro atoms. The molecule has 0 aromatic heterocycles. The minimum Gasteiger partial charge on any atom is -0.359 e. The maximum Gasteiger partial charge on any atom is 0.246 e. The molecule has 4 aliphatic rings. The van der Waals surface area contributed by atoms with E-state index in [1.807, 2.05) is 42.5 Å². The van der Waals surface area contributed by atoms with Crippen molar-refractivity contribution in [3.8, 4) is 0 Å². The first kappa shape index (κ1) is 27.0. The highest BCUT2D eigenvalue weighted by Gasteiger charge is 2.72. The van der Waals surface area contributed by atoms with Crippen LogP contribution in [0.5, 0.6) is 0 Å². The Morgan fingerprint density at radius 3 is 2.65 bits per heavy atom. The second-order valence-corrected chi connectivity index (χ2v) is 12.3. The van der Waals surface area contributed by atoms with Crippen LogP contribution in [0.2, 0.25) is 5.02 Å². The van der Waals surface area contributed by atoms with Crippen LogP contribution in [0.25, 0.3) is 0 Å². The van der Waals surface area contributed by atoms with E-state index in [1.54, 1.807) is 29.2 Å². The first-order valence-electron chi connectivity index (χ1n) is 14.4. The fraction of sp³-hybridized carbons (Fsp3) is 0.469. The van der Waals surface area contributed by atoms with Crippen molar-refractivity contribution in [3.05, 3.63) is 77.3 Å². The van der Waals surface area contributed by atoms with Crippen molar-refractivity contribution in [1.29, 1.82) is 0 Å². The number of nitrogens with one attached hydrogen (secondary N) is 2. The number of fused-ring (bicyclic) bond motifs is 1. The molecule has 2 bridgehead atoms. The molecule has 6 rings (SSSR count). The fourth-order valence-corrected chi connectivity index (χ4v) is 7.43. The van der Waals surface area contributed by atoms with Gasteiger partial charge in [-0.25, -0.2) is 0 Å². The summed E-state index contributed by atoms with van der Waals surface area (Å²) in [6.45, 7) is 4.79. The molecule has 40 heavy (non-hydrogen) atoms. The predicted octanol–water partition coefficient (Wildman–Crippen LogP) is 4.61. The maximum atomic E-state index is 14.2. The van der Waals surface area contributed by atoms with Gasteiger partial charge in [-0.15, -0.1) is 0 Å². The van der Waals surface area contributed by atoms with Gasteiger partial charge in [0.25, 0.3) is 0 Å². The van der Waals surface area contributed by atoms with Crippen LogP contribution >= 0.6 is 11.6 Å². The quantitative estimate of drug-likeness (QED) is 0.483. The second kappa shape index (κ2) is 10.7. The smallest absolute Gasteiger partial charge is 0.246 e. The Kier molecular flexibility index (Phi) is 7.21. The van der Waals surface area contributed by atoms with E-state index >= 15 is 0 Å². The monoisotopic (exact) mass is 561 g/mol. The van der Waals surface area contributed by atoms with Crippen LogP contribution in [0.15, 0.2) is 66.7 Å². The van der Waals surface area contributed by atoms with E-state index in [2.05, 4.69) is 24.5 Å². The maximum absolute atomic E-state index is 14.2. The summed E-state index contributed by atoms with van der Waals surface area (Å²) in [5.74, 6) is -1.39. The molecule has 0 radical (unpaired) electrons. The number of likely N-dealkylation sites (tertiary alicyclic amines) is 1. The molecule has 2 saturated heterocycles. The van der Waals surface area contributed by atoms with Crippen LogP contribution in [0.4, 0.5) is 5.69 Å². The zero-order chi connectivity index (χ0) is 28.0. The Bertz CT molecular complexity index is 1330. The minimum absolute atomic E-state index is 0.0438. The van der Waals surface area contributed by atoms with Crippen LogP contribution in [-0.2, 0) is 25.5 Å². The van der Waals surface area contributed by atoms with Crippen LogP contribution in [-0.4, -0.2) is 53.0 Å². The van der Waals surface area contributed by atoms with E-state index in [4.69, 9.17) is 16.3 Å². The summed E-state index contributed by atoms with van der Waals surface area (Å²) in [6.07, 6.45) is 6.87. The van der Waals surface area contributed by atoms with Crippen LogP contribution in [0.3, 0.4) is 0 Å². The molecule has 1 saturated carbocycles. The number of carbonyl (C=O) groups is 3. The molecule has 8 atom stereocenters. The van der Waals surface area contributed by atoms with Gasteiger partial charge in [0.2, 0.25) is 17.7 Å². The van der Waals surface area contributed by atoms with Gasteiger partial charge < -0.3 is 20.3 Å². The van der Waals surface area contributed by atoms with Gasteiger partial charge in [-0.2, -0.15) is 0 Å². The summed E-state index contributed by atoms with van der Waals surface area (Å²) in [5, 5.41) is 6.74. The van der Waals surface area contributed by atoms with Crippen LogP contribution in [0.1, 0.15) is 38.7 Å². The molecular formula is C32H36ClN3O4. The zero-order valence-electron chi connectivity index (χ0n) is 22.9. The first-order chi connectivity index (χ1) is 19.3. The number of carbonyl (C=O) groups excluding carboxylic acids is 3. The van der Waals surface area contributed by atoms with Crippen LogP contribution in [0, 0.1) is 23.7 Å². The standard InChI is InChI=1S/C32H36ClN3O4/c1-19-8-6-13-24(20(19)2)35-30(38)28-32-16-14-25(40-32)26(29(37)34-23-12-7-11-22(33)18-23)27(32)31(39)36(28)17-15-21-9-4-3-5-10-21/h3-5,7,9-12,14,16,18-20,24-28H,6,8,13,15,17H2,1-2H3,(H,34,37)(H,35,38)/t19-,20+,24+,25+,26+,27+,28+,32+/m1/s1. The highest BCUT2D eigenvalue weighted by molar-refractivity contribution is 6.30. The number of halogens is 1. The molecule has 7 nitrogen and oxygen atoms in total. The number of hydrogen-bond donors (Lipinski definition) is 2. The van der Waals surface area contributed by atoms with E-state index in [0.717, 1.165) is 24.8 Å². The van der Waals surface area contributed by atoms with E-state index < -0.39 is 29.6 Å². The molecule has 3 aliphatic heterocycles. The summed E-state index contributed by atoms with van der Waals surface area (Å²) >= 11 is 6.13. The van der Waals surface area contributed by atoms with Gasteiger partial charge in [-0.1, -0.05) is 86.8 Å². The molecule has 1 aliphatic carbocycles. The average Bonchev–Trinajstić information content (AvgIpc) is 3.58. The number of benzene rings is 2. The number of anilines is 1. The molecule has 3 fully saturated rings. The third kappa shape index (κ3) is 4.63. The van der Waals surface area contributed by atoms with E-state index in [1.165, 1.54) is 0 Å². The van der Waals surface area contributed by atoms with Gasteiger partial charge >= 0.3 is 0 Å². The number of rotatable bonds is 7. The summed E-state index contributed by atoms with van der Waals surface area (Å²) in [6, 6.07) is 16.0. The Morgan fingerprint density at radius 2 is 1.88 bits per heavy atom. The van der Waals surface area contributed by atoms with Gasteiger partial charge in [-0.3, -0.25) is 14.4 Å². The molecule has 0 unspecified atom stereocenters. The van der Waals surface area contributed by atoms with Gasteiger partial charge in [0, 0.05) is 23.3 Å². The third-order valence-corrected chi connectivity index (χ3v) is 9.77. The van der Waals surface area contributed by atoms with E-state index in [-0.39, 0.29) is 23.8 Å². The average molecular weight is 562 g/mol. The lowest BCUT2D eigenvalue weighted by molar-refractivity contribution is -0.141. The van der Waals surface area contributed by atoms with Gasteiger partial charge in [0.15, 0.2) is 0 Å². The molecule has 3 amide bonds. The lowest BCUT2D eigenvalue weighted by Gasteiger charge is -2.38. The van der Waals surface area contributed by atoms with Gasteiger partial charge in [0.05, 0.1) is 17.9 Å². The van der Waals surface area contributed by atoms with Gasteiger partial charge in [-0.05, 0) is 48.4 Å². The molecule has 210 valence electrons. The minimum atomic E-state index is -1.18. The summed E-state index contributed by atoms with van der Waals surface area (Å²) in [7, 11) is 0. The Hall–Kier alpha value is -3.16. The molecule has 2 aromatic rings. The number of amides is 3. The van der Waals surface area contributed by atoms with Crippen molar-refractivity contribution >= 4 is 35.0 Å². The summed E-state index contributed by atoms with van der Waals surface area (Å²) in [5.41, 5.74) is 0.455. The highest BCUT2D eigenvalue weighted by atomic mass is 35.5. The Morgan fingerprint density at radius 1 is 1.07 bits per heavy atom. The normalized spacial score (nSPS) is 34.1. The lowest BCUT2D eigenvalue weighted by Crippen LogP contribution is -2.58. The van der Waals surface area contributed by atoms with Crippen molar-refractivity contribution in [3.63, 3.8) is 0 Å². The second-order valence-electron chi connectivity index (χ2n) is 11.9. The van der Waals surface area contributed by atoms with Crippen molar-refractivity contribution in [2.75, 3.05) is 11.9 Å². The zero-order valence-corrected chi connectivity index (χ0v) is 23.6. The first-order valence-corrected chi connectivity index (χ1v) is 14.7. The molecule has 2 aromatic carbocycles. The SMILES string of the molecule is C[C@H]1[C@H](C)CCC[C@@H]1NC(=O)[C@@H]1N(CCc2ccccc2)C(=O)[C@@H]2[C@@H](C(=O)Nc3cccc(Cl)c3)[C@@H]3C=C[C@]21O3. The molecule has 3 heterocycles.